The quantitative estimate of drug-likeness (QED) is 0.783. The van der Waals surface area contributed by atoms with Gasteiger partial charge in [-0.1, -0.05) is 0 Å². The molecule has 22 heavy (non-hydrogen) atoms. The number of nitrogens with zero attached hydrogens (tertiary/aromatic N) is 3. The van der Waals surface area contributed by atoms with Gasteiger partial charge < -0.3 is 5.32 Å². The van der Waals surface area contributed by atoms with Gasteiger partial charge in [0.25, 0.3) is 11.5 Å². The van der Waals surface area contributed by atoms with E-state index in [1.165, 1.54) is 4.57 Å². The van der Waals surface area contributed by atoms with Crippen molar-refractivity contribution in [1.82, 2.24) is 14.5 Å². The van der Waals surface area contributed by atoms with Gasteiger partial charge in [0.15, 0.2) is 0 Å². The van der Waals surface area contributed by atoms with Gasteiger partial charge in [-0.3, -0.25) is 14.2 Å². The average Bonchev–Trinajstić information content (AvgIpc) is 2.51. The maximum Gasteiger partial charge on any atom is 0.264 e. The van der Waals surface area contributed by atoms with E-state index in [9.17, 15) is 9.59 Å². The molecule has 3 aromatic rings. The van der Waals surface area contributed by atoms with Gasteiger partial charge >= 0.3 is 0 Å². The number of rotatable bonds is 2. The van der Waals surface area contributed by atoms with Crippen LogP contribution in [0.5, 0.6) is 0 Å². The van der Waals surface area contributed by atoms with Gasteiger partial charge in [-0.2, -0.15) is 0 Å². The fraction of sp³-hybridized carbons (Fsp3) is 0.125. The molecule has 0 aliphatic heterocycles. The number of hydrogen-bond acceptors (Lipinski definition) is 4. The summed E-state index contributed by atoms with van der Waals surface area (Å²) in [6, 6.07) is 8.69. The van der Waals surface area contributed by atoms with Crippen LogP contribution in [0.1, 0.15) is 15.9 Å². The molecular formula is C16H14N4O2. The third-order valence-electron chi connectivity index (χ3n) is 3.37. The number of fused-ring (bicyclic) bond motifs is 1. The minimum absolute atomic E-state index is 0.0614. The summed E-state index contributed by atoms with van der Waals surface area (Å²) in [7, 11) is 1.60. The Bertz CT molecular complexity index is 931. The van der Waals surface area contributed by atoms with E-state index in [2.05, 4.69) is 15.3 Å². The zero-order valence-electron chi connectivity index (χ0n) is 12.2. The van der Waals surface area contributed by atoms with Gasteiger partial charge in [0.2, 0.25) is 0 Å². The summed E-state index contributed by atoms with van der Waals surface area (Å²) in [6.07, 6.45) is 3.21. The van der Waals surface area contributed by atoms with Gasteiger partial charge in [-0.05, 0) is 42.8 Å². The van der Waals surface area contributed by atoms with Gasteiger partial charge in [0, 0.05) is 24.8 Å². The van der Waals surface area contributed by atoms with Crippen molar-refractivity contribution in [3.63, 3.8) is 0 Å². The van der Waals surface area contributed by atoms with E-state index >= 15 is 0 Å². The normalized spacial score (nSPS) is 10.6. The summed E-state index contributed by atoms with van der Waals surface area (Å²) >= 11 is 0. The predicted molar refractivity (Wildman–Crippen MR) is 83.9 cm³/mol. The molecule has 3 heterocycles. The first kappa shape index (κ1) is 13.9. The second kappa shape index (κ2) is 5.40. The number of aromatic nitrogens is 3. The minimum atomic E-state index is -0.482. The summed E-state index contributed by atoms with van der Waals surface area (Å²) in [5, 5.41) is 3.38. The number of pyridine rings is 3. The molecule has 1 amide bonds. The van der Waals surface area contributed by atoms with Crippen molar-refractivity contribution in [2.45, 2.75) is 6.92 Å². The Morgan fingerprint density at radius 1 is 1.18 bits per heavy atom. The van der Waals surface area contributed by atoms with Gasteiger partial charge in [0.1, 0.15) is 17.0 Å². The van der Waals surface area contributed by atoms with Gasteiger partial charge in [-0.25, -0.2) is 9.97 Å². The molecule has 0 radical (unpaired) electrons. The highest BCUT2D eigenvalue weighted by molar-refractivity contribution is 6.05. The number of carbonyl (C=O) groups excluding carboxylic acids is 1. The first-order chi connectivity index (χ1) is 10.6. The Balaban J connectivity index is 2.04. The number of anilines is 1. The zero-order chi connectivity index (χ0) is 15.7. The lowest BCUT2D eigenvalue weighted by molar-refractivity contribution is 0.102. The van der Waals surface area contributed by atoms with Crippen molar-refractivity contribution < 1.29 is 4.79 Å². The smallest absolute Gasteiger partial charge is 0.264 e. The van der Waals surface area contributed by atoms with E-state index in [4.69, 9.17) is 0 Å². The second-order valence-electron chi connectivity index (χ2n) is 5.01. The summed E-state index contributed by atoms with van der Waals surface area (Å²) in [5.74, 6) is -0.0669. The van der Waals surface area contributed by atoms with Crippen LogP contribution in [0, 0.1) is 6.92 Å². The molecule has 0 aromatic carbocycles. The number of amides is 1. The first-order valence-corrected chi connectivity index (χ1v) is 6.75. The molecule has 0 atom stereocenters. The summed E-state index contributed by atoms with van der Waals surface area (Å²) < 4.78 is 1.37. The molecule has 0 unspecified atom stereocenters. The lowest BCUT2D eigenvalue weighted by Gasteiger charge is -2.08. The average molecular weight is 294 g/mol. The van der Waals surface area contributed by atoms with Gasteiger partial charge in [-0.15, -0.1) is 0 Å². The van der Waals surface area contributed by atoms with Crippen LogP contribution in [0.15, 0.2) is 47.5 Å². The third kappa shape index (κ3) is 2.46. The van der Waals surface area contributed by atoms with E-state index in [1.807, 2.05) is 19.1 Å². The number of nitrogens with one attached hydrogen (secondary N) is 1. The monoisotopic (exact) mass is 294 g/mol. The Morgan fingerprint density at radius 3 is 2.77 bits per heavy atom. The molecule has 0 aliphatic carbocycles. The van der Waals surface area contributed by atoms with Crippen molar-refractivity contribution in [2.75, 3.05) is 5.32 Å². The van der Waals surface area contributed by atoms with E-state index in [0.29, 0.717) is 11.5 Å². The molecule has 3 rings (SSSR count). The Kier molecular flexibility index (Phi) is 3.42. The lowest BCUT2D eigenvalue weighted by Crippen LogP contribution is -2.28. The standard InChI is InChI=1S/C16H14N4O2/c1-10-5-7-17-13(8-10)19-15(21)12-9-11-4-3-6-18-14(11)20(2)16(12)22/h3-9H,1-2H3,(H,17,19,21). The molecule has 0 spiro atoms. The molecule has 3 aromatic heterocycles. The zero-order valence-corrected chi connectivity index (χ0v) is 12.2. The Hall–Kier alpha value is -3.02. The SMILES string of the molecule is Cc1ccnc(NC(=O)c2cc3cccnc3n(C)c2=O)c1. The van der Waals surface area contributed by atoms with Crippen LogP contribution >= 0.6 is 0 Å². The van der Waals surface area contributed by atoms with E-state index < -0.39 is 11.5 Å². The molecule has 1 N–H and O–H groups in total. The minimum Gasteiger partial charge on any atom is -0.306 e. The summed E-state index contributed by atoms with van der Waals surface area (Å²) in [6.45, 7) is 1.90. The van der Waals surface area contributed by atoms with Crippen LogP contribution in [0.4, 0.5) is 5.82 Å². The molecule has 6 heteroatoms. The lowest BCUT2D eigenvalue weighted by atomic mass is 10.2. The number of carbonyl (C=O) groups is 1. The highest BCUT2D eigenvalue weighted by Gasteiger charge is 2.15. The van der Waals surface area contributed by atoms with Crippen LogP contribution in [0.2, 0.25) is 0 Å². The molecule has 6 nitrogen and oxygen atoms in total. The first-order valence-electron chi connectivity index (χ1n) is 6.75. The molecule has 0 saturated carbocycles. The largest absolute Gasteiger partial charge is 0.306 e. The van der Waals surface area contributed by atoms with Crippen LogP contribution in [0.25, 0.3) is 11.0 Å². The summed E-state index contributed by atoms with van der Waals surface area (Å²) in [4.78, 5) is 32.9. The maximum absolute atomic E-state index is 12.4. The fourth-order valence-electron chi connectivity index (χ4n) is 2.25. The van der Waals surface area contributed by atoms with Crippen LogP contribution in [-0.2, 0) is 7.05 Å². The van der Waals surface area contributed by atoms with E-state index in [-0.39, 0.29) is 5.56 Å². The van der Waals surface area contributed by atoms with Crippen molar-refractivity contribution in [3.05, 3.63) is 64.2 Å². The van der Waals surface area contributed by atoms with E-state index in [0.717, 1.165) is 10.9 Å². The molecular weight excluding hydrogens is 280 g/mol. The number of hydrogen-bond donors (Lipinski definition) is 1. The molecule has 0 aliphatic rings. The fourth-order valence-corrected chi connectivity index (χ4v) is 2.25. The highest BCUT2D eigenvalue weighted by Crippen LogP contribution is 2.11. The van der Waals surface area contributed by atoms with Crippen molar-refractivity contribution in [1.29, 1.82) is 0 Å². The van der Waals surface area contributed by atoms with Crippen LogP contribution in [-0.4, -0.2) is 20.4 Å². The van der Waals surface area contributed by atoms with E-state index in [1.54, 1.807) is 37.6 Å². The molecule has 0 saturated heterocycles. The molecule has 0 fully saturated rings. The maximum atomic E-state index is 12.4. The highest BCUT2D eigenvalue weighted by atomic mass is 16.2. The van der Waals surface area contributed by atoms with Crippen LogP contribution in [0.3, 0.4) is 0 Å². The third-order valence-corrected chi connectivity index (χ3v) is 3.37. The number of aryl methyl sites for hydroxylation is 2. The molecule has 0 bridgehead atoms. The Morgan fingerprint density at radius 2 is 2.00 bits per heavy atom. The van der Waals surface area contributed by atoms with Crippen molar-refractivity contribution >= 4 is 22.8 Å². The Labute approximate surface area is 126 Å². The second-order valence-corrected chi connectivity index (χ2v) is 5.01. The van der Waals surface area contributed by atoms with Gasteiger partial charge in [0.05, 0.1) is 0 Å². The van der Waals surface area contributed by atoms with Crippen LogP contribution < -0.4 is 10.9 Å². The predicted octanol–water partition coefficient (Wildman–Crippen LogP) is 1.89. The molecule has 110 valence electrons. The van der Waals surface area contributed by atoms with Crippen molar-refractivity contribution in [2.24, 2.45) is 7.05 Å². The summed E-state index contributed by atoms with van der Waals surface area (Å²) in [5.41, 5.74) is 1.18. The van der Waals surface area contributed by atoms with Crippen molar-refractivity contribution in [3.8, 4) is 0 Å². The topological polar surface area (TPSA) is 76.9 Å².